The van der Waals surface area contributed by atoms with Gasteiger partial charge in [-0.2, -0.15) is 5.10 Å². The first-order chi connectivity index (χ1) is 15.9. The highest BCUT2D eigenvalue weighted by atomic mass is 16.3. The van der Waals surface area contributed by atoms with Crippen molar-refractivity contribution in [2.24, 2.45) is 5.73 Å². The van der Waals surface area contributed by atoms with Crippen LogP contribution in [-0.2, 0) is 22.6 Å². The van der Waals surface area contributed by atoms with Crippen molar-refractivity contribution in [3.63, 3.8) is 0 Å². The fourth-order valence-corrected chi connectivity index (χ4v) is 3.13. The van der Waals surface area contributed by atoms with E-state index < -0.39 is 6.04 Å². The van der Waals surface area contributed by atoms with E-state index in [9.17, 15) is 14.7 Å². The third-order valence-corrected chi connectivity index (χ3v) is 4.97. The van der Waals surface area contributed by atoms with E-state index in [0.29, 0.717) is 30.8 Å². The van der Waals surface area contributed by atoms with Crippen molar-refractivity contribution in [1.29, 1.82) is 5.41 Å². The normalized spacial score (nSPS) is 11.5. The van der Waals surface area contributed by atoms with Crippen molar-refractivity contribution in [1.82, 2.24) is 26.1 Å². The van der Waals surface area contributed by atoms with Crippen LogP contribution in [0.25, 0.3) is 0 Å². The molecular formula is C23H27N7O3. The molecule has 0 saturated carbocycles. The Balaban J connectivity index is 1.49. The maximum atomic E-state index is 12.8. The summed E-state index contributed by atoms with van der Waals surface area (Å²) in [5.41, 5.74) is 8.56. The average Bonchev–Trinajstić information content (AvgIpc) is 3.34. The van der Waals surface area contributed by atoms with Gasteiger partial charge in [0.1, 0.15) is 17.6 Å². The Kier molecular flexibility index (Phi) is 8.14. The van der Waals surface area contributed by atoms with Gasteiger partial charge < -0.3 is 21.5 Å². The lowest BCUT2D eigenvalue weighted by atomic mass is 10.1. The predicted octanol–water partition coefficient (Wildman–Crippen LogP) is 0.705. The summed E-state index contributed by atoms with van der Waals surface area (Å²) in [6.07, 6.45) is 2.16. The van der Waals surface area contributed by atoms with Gasteiger partial charge in [0, 0.05) is 24.8 Å². The molecule has 0 radical (unpaired) electrons. The number of nitrogens with one attached hydrogen (secondary N) is 5. The average molecular weight is 450 g/mol. The second-order valence-electron chi connectivity index (χ2n) is 7.42. The van der Waals surface area contributed by atoms with E-state index in [0.717, 1.165) is 11.1 Å². The van der Waals surface area contributed by atoms with Crippen LogP contribution in [0.5, 0.6) is 5.75 Å². The van der Waals surface area contributed by atoms with E-state index >= 15 is 0 Å². The second kappa shape index (κ2) is 11.4. The fourth-order valence-electron chi connectivity index (χ4n) is 3.13. The number of hydrogen-bond donors (Lipinski definition) is 7. The summed E-state index contributed by atoms with van der Waals surface area (Å²) in [6, 6.07) is 14.9. The molecule has 3 aromatic rings. The first-order valence-electron chi connectivity index (χ1n) is 10.4. The smallest absolute Gasteiger partial charge is 0.243 e. The molecule has 10 nitrogen and oxygen atoms in total. The highest BCUT2D eigenvalue weighted by molar-refractivity contribution is 5.94. The molecular weight excluding hydrogens is 422 g/mol. The molecule has 1 heterocycles. The number of carbonyl (C=O) groups is 2. The maximum absolute atomic E-state index is 12.8. The molecule has 0 saturated heterocycles. The Morgan fingerprint density at radius 3 is 2.36 bits per heavy atom. The Morgan fingerprint density at radius 1 is 1.03 bits per heavy atom. The van der Waals surface area contributed by atoms with Crippen LogP contribution in [0.3, 0.4) is 0 Å². The van der Waals surface area contributed by atoms with E-state index in [1.807, 2.05) is 12.1 Å². The number of H-pyrrole nitrogens is 1. The Bertz CT molecular complexity index is 1060. The molecule has 0 aliphatic carbocycles. The zero-order valence-electron chi connectivity index (χ0n) is 18.0. The number of rotatable bonds is 11. The molecule has 10 heteroatoms. The molecule has 1 atom stereocenters. The standard InChI is InChI=1S/C23H27N7O3/c24-22(25)17-5-1-16(2-6-17)13-27-21(19-10-12-29-30-19)23(33)28-14-20(32)26-11-9-15-3-7-18(31)8-4-15/h1-8,10,12,21,27,31H,9,11,13-14H2,(H3,24,25)(H,26,32)(H,28,33)(H,29,30). The van der Waals surface area contributed by atoms with E-state index in [4.69, 9.17) is 11.1 Å². The van der Waals surface area contributed by atoms with Gasteiger partial charge in [-0.15, -0.1) is 0 Å². The topological polar surface area (TPSA) is 169 Å². The predicted molar refractivity (Wildman–Crippen MR) is 123 cm³/mol. The van der Waals surface area contributed by atoms with Crippen molar-refractivity contribution in [2.45, 2.75) is 19.0 Å². The van der Waals surface area contributed by atoms with Crippen LogP contribution >= 0.6 is 0 Å². The summed E-state index contributed by atoms with van der Waals surface area (Å²) < 4.78 is 0. The molecule has 0 aliphatic rings. The van der Waals surface area contributed by atoms with Crippen molar-refractivity contribution >= 4 is 17.6 Å². The number of phenols is 1. The van der Waals surface area contributed by atoms with Gasteiger partial charge in [0.2, 0.25) is 11.8 Å². The Hall–Kier alpha value is -4.18. The van der Waals surface area contributed by atoms with Gasteiger partial charge in [-0.3, -0.25) is 25.4 Å². The summed E-state index contributed by atoms with van der Waals surface area (Å²) in [5.74, 6) is -0.483. The maximum Gasteiger partial charge on any atom is 0.243 e. The molecule has 0 spiro atoms. The molecule has 1 unspecified atom stereocenters. The molecule has 2 amide bonds. The molecule has 8 N–H and O–H groups in total. The molecule has 3 rings (SSSR count). The van der Waals surface area contributed by atoms with Crippen LogP contribution in [0.4, 0.5) is 0 Å². The number of nitrogens with zero attached hydrogens (tertiary/aromatic N) is 1. The third-order valence-electron chi connectivity index (χ3n) is 4.97. The number of benzene rings is 2. The zero-order chi connectivity index (χ0) is 23.6. The van der Waals surface area contributed by atoms with Gasteiger partial charge in [-0.1, -0.05) is 36.4 Å². The highest BCUT2D eigenvalue weighted by Crippen LogP contribution is 2.12. The molecule has 1 aromatic heterocycles. The first-order valence-corrected chi connectivity index (χ1v) is 10.4. The van der Waals surface area contributed by atoms with Crippen LogP contribution in [-0.4, -0.2) is 46.0 Å². The minimum Gasteiger partial charge on any atom is -0.508 e. The van der Waals surface area contributed by atoms with Crippen LogP contribution in [0, 0.1) is 5.41 Å². The number of aromatic nitrogens is 2. The SMILES string of the molecule is N=C(N)c1ccc(CNC(C(=O)NCC(=O)NCCc2ccc(O)cc2)c2ccn[nH]2)cc1. The monoisotopic (exact) mass is 449 g/mol. The number of hydrogen-bond acceptors (Lipinski definition) is 6. The van der Waals surface area contributed by atoms with Crippen LogP contribution < -0.4 is 21.7 Å². The summed E-state index contributed by atoms with van der Waals surface area (Å²) in [5, 5.41) is 32.0. The number of amides is 2. The second-order valence-corrected chi connectivity index (χ2v) is 7.42. The van der Waals surface area contributed by atoms with Crippen LogP contribution in [0.1, 0.15) is 28.4 Å². The molecule has 172 valence electrons. The number of carbonyl (C=O) groups excluding carboxylic acids is 2. The van der Waals surface area contributed by atoms with Crippen LogP contribution in [0.2, 0.25) is 0 Å². The van der Waals surface area contributed by atoms with E-state index in [1.54, 1.807) is 48.7 Å². The van der Waals surface area contributed by atoms with Crippen molar-refractivity contribution in [3.8, 4) is 5.75 Å². The molecule has 0 fully saturated rings. The van der Waals surface area contributed by atoms with Crippen LogP contribution in [0.15, 0.2) is 60.8 Å². The third kappa shape index (κ3) is 7.18. The van der Waals surface area contributed by atoms with E-state index in [2.05, 4.69) is 26.1 Å². The quantitative estimate of drug-likeness (QED) is 0.168. The Morgan fingerprint density at radius 2 is 1.73 bits per heavy atom. The number of nitrogen functional groups attached to an aromatic ring is 1. The van der Waals surface area contributed by atoms with Gasteiger partial charge in [0.05, 0.1) is 12.2 Å². The summed E-state index contributed by atoms with van der Waals surface area (Å²) in [4.78, 5) is 24.9. The van der Waals surface area contributed by atoms with Gasteiger partial charge in [0.25, 0.3) is 0 Å². The lowest BCUT2D eigenvalue weighted by Crippen LogP contribution is -2.43. The molecule has 0 aliphatic heterocycles. The lowest BCUT2D eigenvalue weighted by Gasteiger charge is -2.17. The Labute approximate surface area is 191 Å². The molecule has 33 heavy (non-hydrogen) atoms. The largest absolute Gasteiger partial charge is 0.508 e. The number of aromatic hydroxyl groups is 1. The summed E-state index contributed by atoms with van der Waals surface area (Å²) in [7, 11) is 0. The fraction of sp³-hybridized carbons (Fsp3) is 0.217. The van der Waals surface area contributed by atoms with Crippen molar-refractivity contribution in [3.05, 3.63) is 83.2 Å². The lowest BCUT2D eigenvalue weighted by molar-refractivity contribution is -0.127. The highest BCUT2D eigenvalue weighted by Gasteiger charge is 2.22. The van der Waals surface area contributed by atoms with Gasteiger partial charge in [0.15, 0.2) is 0 Å². The van der Waals surface area contributed by atoms with Gasteiger partial charge >= 0.3 is 0 Å². The van der Waals surface area contributed by atoms with E-state index in [1.165, 1.54) is 0 Å². The summed E-state index contributed by atoms with van der Waals surface area (Å²) in [6.45, 7) is 0.639. The minimum absolute atomic E-state index is 0.00874. The number of aromatic amines is 1. The first kappa shape index (κ1) is 23.5. The number of amidine groups is 1. The van der Waals surface area contributed by atoms with Gasteiger partial charge in [-0.25, -0.2) is 0 Å². The summed E-state index contributed by atoms with van der Waals surface area (Å²) >= 11 is 0. The van der Waals surface area contributed by atoms with E-state index in [-0.39, 0.29) is 29.9 Å². The molecule has 2 aromatic carbocycles. The number of nitrogens with two attached hydrogens (primary N) is 1. The number of phenolic OH excluding ortho intramolecular Hbond substituents is 1. The zero-order valence-corrected chi connectivity index (χ0v) is 18.0. The van der Waals surface area contributed by atoms with Crippen molar-refractivity contribution in [2.75, 3.05) is 13.1 Å². The minimum atomic E-state index is -0.732. The van der Waals surface area contributed by atoms with Gasteiger partial charge in [-0.05, 0) is 35.7 Å². The molecule has 0 bridgehead atoms. The van der Waals surface area contributed by atoms with Crippen molar-refractivity contribution < 1.29 is 14.7 Å².